The Balaban J connectivity index is 0.833. The normalized spacial score (nSPS) is 43.8. The van der Waals surface area contributed by atoms with E-state index in [0.717, 1.165) is 48.5 Å². The monoisotopic (exact) mass is 679 g/mol. The van der Waals surface area contributed by atoms with E-state index in [0.29, 0.717) is 19.4 Å². The molecule has 6 fully saturated rings. The number of amides is 1. The van der Waals surface area contributed by atoms with Crippen molar-refractivity contribution in [2.45, 2.75) is 119 Å². The highest BCUT2D eigenvalue weighted by molar-refractivity contribution is 8.77. The van der Waals surface area contributed by atoms with Crippen molar-refractivity contribution in [1.29, 1.82) is 0 Å². The highest BCUT2D eigenvalue weighted by atomic mass is 33.1. The summed E-state index contributed by atoms with van der Waals surface area (Å²) in [4.78, 5) is 37.7. The Kier molecular flexibility index (Phi) is 7.96. The van der Waals surface area contributed by atoms with Crippen LogP contribution in [0.1, 0.15) is 72.1 Å². The van der Waals surface area contributed by atoms with Gasteiger partial charge in [-0.15, -0.1) is 0 Å². The third kappa shape index (κ3) is 4.57. The van der Waals surface area contributed by atoms with Gasteiger partial charge in [0.25, 0.3) is 0 Å². The van der Waals surface area contributed by atoms with Gasteiger partial charge in [0.1, 0.15) is 36.6 Å². The van der Waals surface area contributed by atoms with Crippen LogP contribution in [-0.4, -0.2) is 103 Å². The second kappa shape index (κ2) is 11.5. The van der Waals surface area contributed by atoms with Crippen molar-refractivity contribution in [3.05, 3.63) is 11.1 Å². The highest BCUT2D eigenvalue weighted by Crippen LogP contribution is 2.83. The van der Waals surface area contributed by atoms with E-state index < -0.39 is 29.0 Å². The summed E-state index contributed by atoms with van der Waals surface area (Å²) >= 11 is 0. The molecule has 2 spiro atoms. The number of hydrogen-bond acceptors (Lipinski definition) is 12. The van der Waals surface area contributed by atoms with Crippen molar-refractivity contribution in [3.63, 3.8) is 0 Å². The quantitative estimate of drug-likeness (QED) is 0.0986. The molecule has 3 aliphatic carbocycles. The summed E-state index contributed by atoms with van der Waals surface area (Å²) in [5.41, 5.74) is -0.460. The van der Waals surface area contributed by atoms with Gasteiger partial charge >= 0.3 is 18.0 Å². The van der Waals surface area contributed by atoms with Crippen molar-refractivity contribution in [3.8, 4) is 0 Å². The highest BCUT2D eigenvalue weighted by Gasteiger charge is 3.01. The lowest BCUT2D eigenvalue weighted by atomic mass is 9.46. The molecule has 0 aromatic rings. The largest absolute Gasteiger partial charge is 0.463 e. The molecule has 1 N–H and O–H groups in total. The van der Waals surface area contributed by atoms with Crippen molar-refractivity contribution in [1.82, 2.24) is 5.32 Å². The van der Waals surface area contributed by atoms with Crippen LogP contribution in [0.3, 0.4) is 0 Å². The van der Waals surface area contributed by atoms with Gasteiger partial charge in [0, 0.05) is 35.0 Å². The maximum Gasteiger partial charge on any atom is 0.407 e. The number of cyclic esters (lactones) is 1. The number of unbranched alkanes of at least 4 members (excludes halogenated alkanes) is 1. The van der Waals surface area contributed by atoms with Gasteiger partial charge in [-0.25, -0.2) is 9.59 Å². The van der Waals surface area contributed by atoms with E-state index in [9.17, 15) is 14.4 Å². The first-order valence-electron chi connectivity index (χ1n) is 17.1. The topological polar surface area (TPSA) is 138 Å². The van der Waals surface area contributed by atoms with Crippen molar-refractivity contribution >= 4 is 39.6 Å². The SMILES string of the molecule is CC(C)C12OC1C1OC13C1(C)CCC4=C(COC4=O)C1CC1OC13C2OC(=O)NCCOCCOC(=O)CCCCC1CCSS1. The zero-order chi connectivity index (χ0) is 31.9. The lowest BCUT2D eigenvalue weighted by Crippen LogP contribution is -2.70. The molecule has 0 bridgehead atoms. The number of nitrogens with one attached hydrogen (secondary N) is 1. The summed E-state index contributed by atoms with van der Waals surface area (Å²) in [6.45, 7) is 7.77. The van der Waals surface area contributed by atoms with Crippen LogP contribution in [0.15, 0.2) is 11.1 Å². The Morgan fingerprint density at radius 2 is 1.98 bits per heavy atom. The van der Waals surface area contributed by atoms with Gasteiger partial charge in [-0.1, -0.05) is 48.8 Å². The van der Waals surface area contributed by atoms with Crippen LogP contribution < -0.4 is 5.32 Å². The van der Waals surface area contributed by atoms with E-state index in [2.05, 4.69) is 26.1 Å². The second-order valence-corrected chi connectivity index (χ2v) is 17.4. The molecule has 254 valence electrons. The van der Waals surface area contributed by atoms with E-state index in [-0.39, 0.29) is 73.9 Å². The molecule has 0 aromatic carbocycles. The van der Waals surface area contributed by atoms with E-state index in [4.69, 9.17) is 33.2 Å². The number of alkyl carbamates (subject to hydrolysis) is 1. The minimum absolute atomic E-state index is 0.0835. The molecule has 11 nitrogen and oxygen atoms in total. The Hall–Kier alpha value is -1.51. The van der Waals surface area contributed by atoms with Crippen LogP contribution >= 0.6 is 21.6 Å². The summed E-state index contributed by atoms with van der Waals surface area (Å²) in [5, 5.41) is 3.56. The first-order valence-corrected chi connectivity index (χ1v) is 19.5. The van der Waals surface area contributed by atoms with E-state index in [1.807, 2.05) is 21.6 Å². The molecule has 13 heteroatoms. The molecule has 5 aliphatic heterocycles. The number of ether oxygens (including phenoxy) is 7. The van der Waals surface area contributed by atoms with Gasteiger partial charge in [0.05, 0.1) is 19.3 Å². The van der Waals surface area contributed by atoms with Crippen molar-refractivity contribution < 1.29 is 47.5 Å². The van der Waals surface area contributed by atoms with E-state index >= 15 is 0 Å². The van der Waals surface area contributed by atoms with Crippen molar-refractivity contribution in [2.24, 2.45) is 17.3 Å². The van der Waals surface area contributed by atoms with Crippen LogP contribution in [0.2, 0.25) is 0 Å². The summed E-state index contributed by atoms with van der Waals surface area (Å²) in [6.07, 6.45) is 5.32. The van der Waals surface area contributed by atoms with E-state index in [1.165, 1.54) is 12.2 Å². The molecule has 10 atom stereocenters. The standard InChI is InChI=1S/C33H45NO10S2/c1-18(2)31-25(43-31)26-33(44-26)30(3)10-8-20-21(17-40-27(20)36)22(30)16-23-32(33,42-23)28(31)41-29(37)34-11-12-38-13-14-39-24(35)7-5-4-6-19-9-15-45-46-19/h18-19,22-23,25-26,28H,4-17H2,1-3H3,(H,34,37). The second-order valence-electron chi connectivity index (χ2n) is 14.6. The number of rotatable bonds is 13. The lowest BCUT2D eigenvalue weighted by molar-refractivity contribution is -0.145. The summed E-state index contributed by atoms with van der Waals surface area (Å²) in [6, 6.07) is 0. The fourth-order valence-corrected chi connectivity index (χ4v) is 12.8. The summed E-state index contributed by atoms with van der Waals surface area (Å²) in [7, 11) is 3.91. The zero-order valence-electron chi connectivity index (χ0n) is 26.8. The molecule has 46 heavy (non-hydrogen) atoms. The number of epoxide rings is 3. The molecule has 8 aliphatic rings. The molecule has 1 amide bonds. The maximum atomic E-state index is 13.3. The molecule has 10 unspecified atom stereocenters. The third-order valence-corrected chi connectivity index (χ3v) is 15.2. The van der Waals surface area contributed by atoms with Crippen LogP contribution in [0.25, 0.3) is 0 Å². The van der Waals surface area contributed by atoms with Gasteiger partial charge in [-0.3, -0.25) is 4.79 Å². The van der Waals surface area contributed by atoms with Crippen molar-refractivity contribution in [2.75, 3.05) is 38.7 Å². The third-order valence-electron chi connectivity index (χ3n) is 12.2. The summed E-state index contributed by atoms with van der Waals surface area (Å²) in [5.74, 6) is 1.05. The maximum absolute atomic E-state index is 13.3. The number of fused-ring (bicyclic) bond motifs is 4. The average Bonchev–Trinajstić information content (AvgIpc) is 3.97. The minimum Gasteiger partial charge on any atom is -0.463 e. The molecular formula is C33H45NO10S2. The average molecular weight is 680 g/mol. The molecule has 8 rings (SSSR count). The number of carbonyl (C=O) groups is 3. The fourth-order valence-electron chi connectivity index (χ4n) is 9.81. The first-order chi connectivity index (χ1) is 22.2. The Morgan fingerprint density at radius 3 is 2.78 bits per heavy atom. The van der Waals surface area contributed by atoms with Gasteiger partial charge in [0.15, 0.2) is 11.7 Å². The Bertz CT molecular complexity index is 1320. The number of carbonyl (C=O) groups excluding carboxylic acids is 3. The molecule has 0 aromatic heterocycles. The van der Waals surface area contributed by atoms with Gasteiger partial charge in [0.2, 0.25) is 0 Å². The fraction of sp³-hybridized carbons (Fsp3) is 0.848. The molecule has 2 saturated carbocycles. The molecule has 5 heterocycles. The van der Waals surface area contributed by atoms with Gasteiger partial charge in [-0.05, 0) is 55.9 Å². The lowest BCUT2D eigenvalue weighted by Gasteiger charge is -2.53. The van der Waals surface area contributed by atoms with Crippen LogP contribution in [0.5, 0.6) is 0 Å². The van der Waals surface area contributed by atoms with Gasteiger partial charge in [-0.2, -0.15) is 0 Å². The molecule has 0 radical (unpaired) electrons. The first kappa shape index (κ1) is 31.7. The smallest absolute Gasteiger partial charge is 0.407 e. The predicted molar refractivity (Wildman–Crippen MR) is 168 cm³/mol. The Labute approximate surface area is 277 Å². The minimum atomic E-state index is -0.784. The van der Waals surface area contributed by atoms with Crippen LogP contribution in [0.4, 0.5) is 4.79 Å². The van der Waals surface area contributed by atoms with Crippen LogP contribution in [0, 0.1) is 17.3 Å². The number of hydrogen-bond donors (Lipinski definition) is 1. The van der Waals surface area contributed by atoms with Gasteiger partial charge < -0.3 is 38.5 Å². The predicted octanol–water partition coefficient (Wildman–Crippen LogP) is 4.11. The summed E-state index contributed by atoms with van der Waals surface area (Å²) < 4.78 is 42.5. The van der Waals surface area contributed by atoms with Crippen LogP contribution in [-0.2, 0) is 42.7 Å². The van der Waals surface area contributed by atoms with E-state index in [1.54, 1.807) is 0 Å². The zero-order valence-corrected chi connectivity index (χ0v) is 28.5. The molecule has 4 saturated heterocycles. The Morgan fingerprint density at radius 1 is 1.11 bits per heavy atom. The number of esters is 2. The molecular weight excluding hydrogens is 634 g/mol.